The quantitative estimate of drug-likeness (QED) is 0.878. The van der Waals surface area contributed by atoms with Gasteiger partial charge in [-0.3, -0.25) is 9.59 Å². The van der Waals surface area contributed by atoms with Crippen LogP contribution in [0, 0.1) is 5.92 Å². The van der Waals surface area contributed by atoms with E-state index in [0.29, 0.717) is 31.0 Å². The Bertz CT molecular complexity index is 617. The number of para-hydroxylation sites is 1. The molecule has 1 aliphatic carbocycles. The first-order valence-electron chi connectivity index (χ1n) is 10.0. The Hall–Kier alpha value is -2.04. The number of ether oxygens (including phenoxy) is 1. The highest BCUT2D eigenvalue weighted by molar-refractivity contribution is 5.97. The normalized spacial score (nSPS) is 19.2. The number of piperidine rings is 1. The fourth-order valence-electron chi connectivity index (χ4n) is 4.01. The van der Waals surface area contributed by atoms with Crippen LogP contribution < -0.4 is 10.1 Å². The fourth-order valence-corrected chi connectivity index (χ4v) is 4.01. The lowest BCUT2D eigenvalue weighted by atomic mass is 9.88. The third-order valence-electron chi connectivity index (χ3n) is 5.52. The number of likely N-dealkylation sites (tertiary alicyclic amines) is 1. The van der Waals surface area contributed by atoms with Gasteiger partial charge in [0, 0.05) is 25.0 Å². The third-order valence-corrected chi connectivity index (χ3v) is 5.52. The predicted octanol–water partition coefficient (Wildman–Crippen LogP) is 3.39. The molecule has 0 bridgehead atoms. The number of nitrogens with zero attached hydrogens (tertiary/aromatic N) is 1. The standard InChI is InChI=1S/C21H30N2O3/c1-2-26-19-11-7-6-10-18(19)21(25)23-14-12-17(13-15-23)22-20(24)16-8-4-3-5-9-16/h6-7,10-11,16-17H,2-5,8-9,12-15H2,1H3,(H,22,24). The molecule has 0 aromatic heterocycles. The van der Waals surface area contributed by atoms with Crippen molar-refractivity contribution in [2.24, 2.45) is 5.92 Å². The van der Waals surface area contributed by atoms with Gasteiger partial charge in [0.1, 0.15) is 5.75 Å². The Morgan fingerprint density at radius 2 is 1.77 bits per heavy atom. The average Bonchev–Trinajstić information content (AvgIpc) is 2.69. The smallest absolute Gasteiger partial charge is 0.257 e. The van der Waals surface area contributed by atoms with Crippen LogP contribution in [0.5, 0.6) is 5.75 Å². The lowest BCUT2D eigenvalue weighted by Crippen LogP contribution is -2.48. The summed E-state index contributed by atoms with van der Waals surface area (Å²) in [6.45, 7) is 3.81. The predicted molar refractivity (Wildman–Crippen MR) is 101 cm³/mol. The maximum absolute atomic E-state index is 12.8. The molecule has 1 saturated carbocycles. The summed E-state index contributed by atoms with van der Waals surface area (Å²) in [4.78, 5) is 27.1. The minimum absolute atomic E-state index is 0.0195. The molecular weight excluding hydrogens is 328 g/mol. The van der Waals surface area contributed by atoms with E-state index in [2.05, 4.69) is 5.32 Å². The number of hydrogen-bond donors (Lipinski definition) is 1. The highest BCUT2D eigenvalue weighted by atomic mass is 16.5. The zero-order valence-electron chi connectivity index (χ0n) is 15.7. The Morgan fingerprint density at radius 3 is 2.46 bits per heavy atom. The lowest BCUT2D eigenvalue weighted by Gasteiger charge is -2.33. The van der Waals surface area contributed by atoms with Crippen molar-refractivity contribution in [1.29, 1.82) is 0 Å². The van der Waals surface area contributed by atoms with E-state index >= 15 is 0 Å². The van der Waals surface area contributed by atoms with E-state index in [1.54, 1.807) is 0 Å². The van der Waals surface area contributed by atoms with Gasteiger partial charge in [-0.1, -0.05) is 31.4 Å². The number of rotatable bonds is 5. The maximum atomic E-state index is 12.8. The summed E-state index contributed by atoms with van der Waals surface area (Å²) in [6.07, 6.45) is 7.29. The highest BCUT2D eigenvalue weighted by Crippen LogP contribution is 2.25. The second kappa shape index (κ2) is 9.06. The van der Waals surface area contributed by atoms with Crippen LogP contribution >= 0.6 is 0 Å². The molecule has 1 aromatic carbocycles. The summed E-state index contributed by atoms with van der Waals surface area (Å²) in [5.74, 6) is 1.08. The van der Waals surface area contributed by atoms with Gasteiger partial charge in [0.25, 0.3) is 5.91 Å². The molecule has 1 aromatic rings. The number of hydrogen-bond acceptors (Lipinski definition) is 3. The fraction of sp³-hybridized carbons (Fsp3) is 0.619. The number of benzene rings is 1. The minimum atomic E-state index is 0.0195. The summed E-state index contributed by atoms with van der Waals surface area (Å²) in [5.41, 5.74) is 0.624. The SMILES string of the molecule is CCOc1ccccc1C(=O)N1CCC(NC(=O)C2CCCCC2)CC1. The topological polar surface area (TPSA) is 58.6 Å². The molecule has 142 valence electrons. The number of nitrogens with one attached hydrogen (secondary N) is 1. The second-order valence-electron chi connectivity index (χ2n) is 7.34. The van der Waals surface area contributed by atoms with Crippen molar-refractivity contribution >= 4 is 11.8 Å². The largest absolute Gasteiger partial charge is 0.493 e. The highest BCUT2D eigenvalue weighted by Gasteiger charge is 2.28. The van der Waals surface area contributed by atoms with Crippen molar-refractivity contribution in [3.63, 3.8) is 0 Å². The summed E-state index contributed by atoms with van der Waals surface area (Å²) in [6, 6.07) is 7.61. The Morgan fingerprint density at radius 1 is 1.08 bits per heavy atom. The van der Waals surface area contributed by atoms with E-state index in [1.807, 2.05) is 36.1 Å². The zero-order chi connectivity index (χ0) is 18.4. The molecule has 0 unspecified atom stereocenters. The summed E-state index contributed by atoms with van der Waals surface area (Å²) < 4.78 is 5.59. The summed E-state index contributed by atoms with van der Waals surface area (Å²) in [5, 5.41) is 3.22. The number of carbonyl (C=O) groups excluding carboxylic acids is 2. The average molecular weight is 358 g/mol. The third kappa shape index (κ3) is 4.57. The van der Waals surface area contributed by atoms with Gasteiger partial charge in [-0.15, -0.1) is 0 Å². The van der Waals surface area contributed by atoms with Crippen LogP contribution in [0.3, 0.4) is 0 Å². The molecule has 2 amide bonds. The molecule has 1 heterocycles. The first kappa shape index (κ1) is 18.7. The van der Waals surface area contributed by atoms with Gasteiger partial charge < -0.3 is 15.0 Å². The van der Waals surface area contributed by atoms with Crippen molar-refractivity contribution < 1.29 is 14.3 Å². The molecular formula is C21H30N2O3. The van der Waals surface area contributed by atoms with E-state index in [0.717, 1.165) is 25.7 Å². The molecule has 2 fully saturated rings. The van der Waals surface area contributed by atoms with Crippen molar-refractivity contribution in [2.75, 3.05) is 19.7 Å². The minimum Gasteiger partial charge on any atom is -0.493 e. The van der Waals surface area contributed by atoms with Gasteiger partial charge in [-0.05, 0) is 44.7 Å². The van der Waals surface area contributed by atoms with E-state index in [-0.39, 0.29) is 23.8 Å². The van der Waals surface area contributed by atoms with Crippen LogP contribution in [-0.4, -0.2) is 42.5 Å². The first-order valence-corrected chi connectivity index (χ1v) is 10.0. The van der Waals surface area contributed by atoms with Crippen LogP contribution in [-0.2, 0) is 4.79 Å². The zero-order valence-corrected chi connectivity index (χ0v) is 15.7. The monoisotopic (exact) mass is 358 g/mol. The molecule has 5 nitrogen and oxygen atoms in total. The molecule has 0 spiro atoms. The molecule has 1 aliphatic heterocycles. The van der Waals surface area contributed by atoms with Gasteiger partial charge in [0.2, 0.25) is 5.91 Å². The maximum Gasteiger partial charge on any atom is 0.257 e. The van der Waals surface area contributed by atoms with Gasteiger partial charge in [0.05, 0.1) is 12.2 Å². The van der Waals surface area contributed by atoms with Crippen LogP contribution in [0.25, 0.3) is 0 Å². The van der Waals surface area contributed by atoms with Gasteiger partial charge in [0.15, 0.2) is 0 Å². The molecule has 5 heteroatoms. The van der Waals surface area contributed by atoms with Crippen molar-refractivity contribution in [3.8, 4) is 5.75 Å². The van der Waals surface area contributed by atoms with E-state index in [9.17, 15) is 9.59 Å². The van der Waals surface area contributed by atoms with E-state index < -0.39 is 0 Å². The number of carbonyl (C=O) groups is 2. The Balaban J connectivity index is 1.52. The van der Waals surface area contributed by atoms with Crippen LogP contribution in [0.1, 0.15) is 62.2 Å². The van der Waals surface area contributed by atoms with Crippen molar-refractivity contribution in [1.82, 2.24) is 10.2 Å². The van der Waals surface area contributed by atoms with Crippen LogP contribution in [0.15, 0.2) is 24.3 Å². The molecule has 1 saturated heterocycles. The van der Waals surface area contributed by atoms with Gasteiger partial charge in [-0.2, -0.15) is 0 Å². The Labute approximate surface area is 156 Å². The molecule has 26 heavy (non-hydrogen) atoms. The van der Waals surface area contributed by atoms with Crippen LogP contribution in [0.4, 0.5) is 0 Å². The van der Waals surface area contributed by atoms with E-state index in [4.69, 9.17) is 4.74 Å². The molecule has 0 atom stereocenters. The Kier molecular flexibility index (Phi) is 6.53. The van der Waals surface area contributed by atoms with Crippen molar-refractivity contribution in [2.45, 2.75) is 57.9 Å². The van der Waals surface area contributed by atoms with Crippen molar-refractivity contribution in [3.05, 3.63) is 29.8 Å². The molecule has 0 radical (unpaired) electrons. The van der Waals surface area contributed by atoms with Gasteiger partial charge >= 0.3 is 0 Å². The molecule has 2 aliphatic rings. The second-order valence-corrected chi connectivity index (χ2v) is 7.34. The lowest BCUT2D eigenvalue weighted by molar-refractivity contribution is -0.126. The molecule has 3 rings (SSSR count). The van der Waals surface area contributed by atoms with Crippen LogP contribution in [0.2, 0.25) is 0 Å². The number of amides is 2. The molecule has 1 N–H and O–H groups in total. The summed E-state index contributed by atoms with van der Waals surface area (Å²) >= 11 is 0. The van der Waals surface area contributed by atoms with E-state index in [1.165, 1.54) is 19.3 Å². The van der Waals surface area contributed by atoms with Gasteiger partial charge in [-0.25, -0.2) is 0 Å². The first-order chi connectivity index (χ1) is 12.7. The summed E-state index contributed by atoms with van der Waals surface area (Å²) in [7, 11) is 0.